The number of nitrogens with one attached hydrogen (secondary N) is 1. The van der Waals surface area contributed by atoms with Crippen molar-refractivity contribution in [2.24, 2.45) is 0 Å². The molecule has 0 aliphatic carbocycles. The summed E-state index contributed by atoms with van der Waals surface area (Å²) >= 11 is 12.6. The van der Waals surface area contributed by atoms with Crippen LogP contribution in [0.3, 0.4) is 0 Å². The fraction of sp³-hybridized carbons (Fsp3) is 0.300. The minimum Gasteiger partial charge on any atom is -0.311 e. The Kier molecular flexibility index (Phi) is 6.67. The third-order valence-corrected chi connectivity index (χ3v) is 4.84. The van der Waals surface area contributed by atoms with Crippen molar-refractivity contribution in [3.63, 3.8) is 0 Å². The maximum absolute atomic E-state index is 6.30. The first-order valence-electron chi connectivity index (χ1n) is 8.82. The van der Waals surface area contributed by atoms with Gasteiger partial charge in [-0.2, -0.15) is 15.0 Å². The highest BCUT2D eigenvalue weighted by atomic mass is 35.5. The van der Waals surface area contributed by atoms with E-state index in [0.29, 0.717) is 23.1 Å². The summed E-state index contributed by atoms with van der Waals surface area (Å²) in [7, 11) is 0. The Morgan fingerprint density at radius 3 is 2.38 bits per heavy atom. The molecule has 0 aliphatic rings. The Labute approximate surface area is 164 Å². The number of hydrogen-bond donors (Lipinski definition) is 1. The van der Waals surface area contributed by atoms with Crippen molar-refractivity contribution >= 4 is 23.2 Å². The summed E-state index contributed by atoms with van der Waals surface area (Å²) in [6.07, 6.45) is 2.31. The summed E-state index contributed by atoms with van der Waals surface area (Å²) in [4.78, 5) is 1.67. The van der Waals surface area contributed by atoms with Crippen molar-refractivity contribution in [2.45, 2.75) is 32.9 Å². The summed E-state index contributed by atoms with van der Waals surface area (Å²) < 4.78 is 0. The van der Waals surface area contributed by atoms with Crippen LogP contribution in [0.4, 0.5) is 0 Å². The molecule has 0 atom stereocenters. The predicted octanol–water partition coefficient (Wildman–Crippen LogP) is 5.19. The molecule has 0 unspecified atom stereocenters. The smallest absolute Gasteiger partial charge is 0.117 e. The first-order chi connectivity index (χ1) is 12.7. The number of rotatable bonds is 8. The third-order valence-electron chi connectivity index (χ3n) is 4.13. The summed E-state index contributed by atoms with van der Waals surface area (Å²) in [5.74, 6) is 0. The number of halogens is 2. The number of nitrogens with zero attached hydrogens (tertiary/aromatic N) is 3. The number of benzene rings is 2. The van der Waals surface area contributed by atoms with E-state index < -0.39 is 0 Å². The average molecular weight is 389 g/mol. The van der Waals surface area contributed by atoms with E-state index in [4.69, 9.17) is 28.3 Å². The summed E-state index contributed by atoms with van der Waals surface area (Å²) in [6, 6.07) is 15.6. The van der Waals surface area contributed by atoms with Gasteiger partial charge in [-0.15, -0.1) is 0 Å². The van der Waals surface area contributed by atoms with Gasteiger partial charge in [-0.1, -0.05) is 72.9 Å². The quantitative estimate of drug-likeness (QED) is 0.539. The Morgan fingerprint density at radius 2 is 1.69 bits per heavy atom. The average Bonchev–Trinajstić information content (AvgIpc) is 3.05. The van der Waals surface area contributed by atoms with Crippen LogP contribution in [0.25, 0.3) is 11.3 Å². The van der Waals surface area contributed by atoms with Crippen LogP contribution in [0.1, 0.15) is 31.0 Å². The lowest BCUT2D eigenvalue weighted by molar-refractivity contribution is 0.573. The molecule has 0 aliphatic heterocycles. The number of unbranched alkanes of at least 4 members (excludes halogenated alkanes) is 1. The predicted molar refractivity (Wildman–Crippen MR) is 108 cm³/mol. The van der Waals surface area contributed by atoms with Crippen LogP contribution in [0.2, 0.25) is 10.0 Å². The topological polar surface area (TPSA) is 42.7 Å². The monoisotopic (exact) mass is 388 g/mol. The SMILES string of the molecule is CCCCNCc1nn(Cc2c(Cl)cccc2Cl)nc1-c1ccccc1. The molecule has 3 rings (SSSR count). The van der Waals surface area contributed by atoms with Crippen LogP contribution in [0.5, 0.6) is 0 Å². The lowest BCUT2D eigenvalue weighted by Crippen LogP contribution is -2.15. The van der Waals surface area contributed by atoms with Crippen molar-refractivity contribution in [3.05, 3.63) is 69.8 Å². The van der Waals surface area contributed by atoms with Crippen molar-refractivity contribution in [3.8, 4) is 11.3 Å². The summed E-state index contributed by atoms with van der Waals surface area (Å²) in [5.41, 5.74) is 3.69. The van der Waals surface area contributed by atoms with E-state index in [1.54, 1.807) is 4.80 Å². The van der Waals surface area contributed by atoms with Crippen LogP contribution in [-0.2, 0) is 13.1 Å². The second-order valence-electron chi connectivity index (χ2n) is 6.12. The Balaban J connectivity index is 1.88. The minimum atomic E-state index is 0.438. The van der Waals surface area contributed by atoms with Gasteiger partial charge in [0.05, 0.1) is 6.54 Å². The Morgan fingerprint density at radius 1 is 0.962 bits per heavy atom. The highest BCUT2D eigenvalue weighted by molar-refractivity contribution is 6.35. The number of hydrogen-bond acceptors (Lipinski definition) is 3. The van der Waals surface area contributed by atoms with Crippen LogP contribution >= 0.6 is 23.2 Å². The zero-order valence-electron chi connectivity index (χ0n) is 14.8. The van der Waals surface area contributed by atoms with Crippen molar-refractivity contribution in [1.82, 2.24) is 20.3 Å². The van der Waals surface area contributed by atoms with Crippen molar-refractivity contribution in [2.75, 3.05) is 6.54 Å². The fourth-order valence-corrected chi connectivity index (χ4v) is 3.24. The van der Waals surface area contributed by atoms with Crippen LogP contribution in [-0.4, -0.2) is 21.5 Å². The highest BCUT2D eigenvalue weighted by Gasteiger charge is 2.15. The molecule has 3 aromatic rings. The molecule has 6 heteroatoms. The molecular formula is C20H22Cl2N4. The Bertz CT molecular complexity index is 826. The van der Waals surface area contributed by atoms with Gasteiger partial charge in [-0.05, 0) is 25.1 Å². The molecule has 0 radical (unpaired) electrons. The molecular weight excluding hydrogens is 367 g/mol. The first kappa shape index (κ1) is 18.9. The van der Waals surface area contributed by atoms with Crippen LogP contribution < -0.4 is 5.32 Å². The van der Waals surface area contributed by atoms with Gasteiger partial charge in [-0.3, -0.25) is 0 Å². The van der Waals surface area contributed by atoms with Crippen LogP contribution in [0.15, 0.2) is 48.5 Å². The molecule has 136 valence electrons. The molecule has 1 heterocycles. The maximum atomic E-state index is 6.30. The molecule has 2 aromatic carbocycles. The lowest BCUT2D eigenvalue weighted by Gasteiger charge is -2.05. The van der Waals surface area contributed by atoms with Gasteiger partial charge in [0.15, 0.2) is 0 Å². The zero-order chi connectivity index (χ0) is 18.4. The zero-order valence-corrected chi connectivity index (χ0v) is 16.3. The maximum Gasteiger partial charge on any atom is 0.117 e. The molecule has 0 spiro atoms. The van der Waals surface area contributed by atoms with Crippen molar-refractivity contribution in [1.29, 1.82) is 0 Å². The van der Waals surface area contributed by atoms with Gasteiger partial charge in [0, 0.05) is 27.7 Å². The van der Waals surface area contributed by atoms with Gasteiger partial charge >= 0.3 is 0 Å². The van der Waals surface area contributed by atoms with E-state index in [-0.39, 0.29) is 0 Å². The summed E-state index contributed by atoms with van der Waals surface area (Å²) in [5, 5.41) is 14.1. The molecule has 4 nitrogen and oxygen atoms in total. The fourth-order valence-electron chi connectivity index (χ4n) is 2.73. The minimum absolute atomic E-state index is 0.438. The third kappa shape index (κ3) is 4.64. The van der Waals surface area contributed by atoms with Gasteiger partial charge < -0.3 is 5.32 Å². The van der Waals surface area contributed by atoms with E-state index in [2.05, 4.69) is 17.3 Å². The van der Waals surface area contributed by atoms with E-state index in [1.807, 2.05) is 48.5 Å². The molecule has 0 saturated carbocycles. The van der Waals surface area contributed by atoms with Gasteiger partial charge in [0.1, 0.15) is 11.4 Å². The molecule has 0 amide bonds. The highest BCUT2D eigenvalue weighted by Crippen LogP contribution is 2.26. The molecule has 0 saturated heterocycles. The molecule has 0 fully saturated rings. The second kappa shape index (κ2) is 9.17. The largest absolute Gasteiger partial charge is 0.311 e. The molecule has 1 N–H and O–H groups in total. The van der Waals surface area contributed by atoms with Gasteiger partial charge in [-0.25, -0.2) is 0 Å². The lowest BCUT2D eigenvalue weighted by atomic mass is 10.1. The Hall–Kier alpha value is -1.88. The summed E-state index contributed by atoms with van der Waals surface area (Å²) in [6.45, 7) is 4.27. The first-order valence-corrected chi connectivity index (χ1v) is 9.57. The molecule has 0 bridgehead atoms. The molecule has 26 heavy (non-hydrogen) atoms. The van der Waals surface area contributed by atoms with E-state index in [1.165, 1.54) is 0 Å². The van der Waals surface area contributed by atoms with E-state index >= 15 is 0 Å². The van der Waals surface area contributed by atoms with Crippen LogP contribution in [0, 0.1) is 0 Å². The number of aromatic nitrogens is 3. The van der Waals surface area contributed by atoms with E-state index in [0.717, 1.165) is 41.9 Å². The standard InChI is InChI=1S/C20H22Cl2N4/c1-2-3-12-23-13-19-20(15-8-5-4-6-9-15)25-26(24-19)14-16-17(21)10-7-11-18(16)22/h4-11,23H,2-3,12-14H2,1H3. The molecule has 1 aromatic heterocycles. The van der Waals surface area contributed by atoms with Crippen molar-refractivity contribution < 1.29 is 0 Å². The normalized spacial score (nSPS) is 11.0. The second-order valence-corrected chi connectivity index (χ2v) is 6.94. The van der Waals surface area contributed by atoms with Gasteiger partial charge in [0.2, 0.25) is 0 Å². The van der Waals surface area contributed by atoms with E-state index in [9.17, 15) is 0 Å². The van der Waals surface area contributed by atoms with Gasteiger partial charge in [0.25, 0.3) is 0 Å².